The second-order valence-electron chi connectivity index (χ2n) is 5.10. The molecule has 0 aliphatic rings. The summed E-state index contributed by atoms with van der Waals surface area (Å²) < 4.78 is 0. The Balaban J connectivity index is 1.82. The van der Waals surface area contributed by atoms with E-state index in [1.165, 1.54) is 30.8 Å². The maximum Gasteiger partial charge on any atom is 0.269 e. The quantitative estimate of drug-likeness (QED) is 0.470. The van der Waals surface area contributed by atoms with E-state index >= 15 is 0 Å². The maximum absolute atomic E-state index is 11.9. The number of hydrogen-bond donors (Lipinski definition) is 1. The van der Waals surface area contributed by atoms with E-state index in [0.717, 1.165) is 5.56 Å². The monoisotopic (exact) mass is 344 g/mol. The number of non-ortho nitro benzene ring substituents is 1. The lowest BCUT2D eigenvalue weighted by Crippen LogP contribution is -2.14. The first-order valence-electron chi connectivity index (χ1n) is 7.17. The Hall–Kier alpha value is -2.67. The maximum atomic E-state index is 11.9. The van der Waals surface area contributed by atoms with Crippen LogP contribution in [0.5, 0.6) is 0 Å². The number of nitrogens with zero attached hydrogens (tertiary/aromatic N) is 1. The van der Waals surface area contributed by atoms with Gasteiger partial charge >= 0.3 is 0 Å². The van der Waals surface area contributed by atoms with Gasteiger partial charge < -0.3 is 5.32 Å². The van der Waals surface area contributed by atoms with E-state index in [2.05, 4.69) is 5.32 Å². The molecule has 2 rings (SSSR count). The van der Waals surface area contributed by atoms with Crippen LogP contribution in [0.15, 0.2) is 48.5 Å². The Morgan fingerprint density at radius 2 is 1.88 bits per heavy atom. The Labute approximate surface area is 143 Å². The number of anilines is 1. The van der Waals surface area contributed by atoms with E-state index in [1.54, 1.807) is 36.4 Å². The van der Waals surface area contributed by atoms with Gasteiger partial charge in [-0.15, -0.1) is 11.8 Å². The molecule has 7 heteroatoms. The van der Waals surface area contributed by atoms with Gasteiger partial charge in [-0.05, 0) is 36.8 Å². The van der Waals surface area contributed by atoms with Crippen molar-refractivity contribution in [2.24, 2.45) is 0 Å². The van der Waals surface area contributed by atoms with Crippen LogP contribution >= 0.6 is 11.8 Å². The predicted octanol–water partition coefficient (Wildman–Crippen LogP) is 3.67. The van der Waals surface area contributed by atoms with E-state index in [9.17, 15) is 19.7 Å². The molecule has 0 radical (unpaired) electrons. The molecule has 1 N–H and O–H groups in total. The number of nitrogens with one attached hydrogen (secondary N) is 1. The summed E-state index contributed by atoms with van der Waals surface area (Å²) >= 11 is 1.37. The molecule has 0 spiro atoms. The lowest BCUT2D eigenvalue weighted by molar-refractivity contribution is -0.384. The molecule has 0 aromatic heterocycles. The number of carbonyl (C=O) groups excluding carboxylic acids is 2. The minimum atomic E-state index is -0.439. The Morgan fingerprint density at radius 3 is 2.50 bits per heavy atom. The molecule has 0 unspecified atom stereocenters. The van der Waals surface area contributed by atoms with Crippen molar-refractivity contribution in [1.29, 1.82) is 0 Å². The summed E-state index contributed by atoms with van der Waals surface area (Å²) in [6, 6.07) is 13.0. The molecule has 0 saturated heterocycles. The second kappa shape index (κ2) is 8.26. The summed E-state index contributed by atoms with van der Waals surface area (Å²) in [5.74, 6) is 0.552. The first-order chi connectivity index (χ1) is 11.5. The van der Waals surface area contributed by atoms with Gasteiger partial charge in [0.2, 0.25) is 5.91 Å². The average molecular weight is 344 g/mol. The van der Waals surface area contributed by atoms with Gasteiger partial charge in [0.1, 0.15) is 0 Å². The summed E-state index contributed by atoms with van der Waals surface area (Å²) in [5, 5.41) is 13.5. The molecule has 24 heavy (non-hydrogen) atoms. The molecule has 0 bridgehead atoms. The third-order valence-electron chi connectivity index (χ3n) is 3.20. The van der Waals surface area contributed by atoms with Crippen LogP contribution in [0.3, 0.4) is 0 Å². The highest BCUT2D eigenvalue weighted by Gasteiger charge is 2.07. The minimum absolute atomic E-state index is 0.0274. The fraction of sp³-hybridized carbons (Fsp3) is 0.176. The summed E-state index contributed by atoms with van der Waals surface area (Å²) in [7, 11) is 0. The van der Waals surface area contributed by atoms with Gasteiger partial charge in [-0.2, -0.15) is 0 Å². The summed E-state index contributed by atoms with van der Waals surface area (Å²) in [5.41, 5.74) is 2.06. The zero-order chi connectivity index (χ0) is 17.5. The first-order valence-corrected chi connectivity index (χ1v) is 8.33. The van der Waals surface area contributed by atoms with Crippen molar-refractivity contribution in [2.75, 3.05) is 11.1 Å². The van der Waals surface area contributed by atoms with Crippen molar-refractivity contribution in [3.8, 4) is 0 Å². The molecule has 0 heterocycles. The number of thioether (sulfide) groups is 1. The van der Waals surface area contributed by atoms with Gasteiger partial charge in [-0.3, -0.25) is 19.7 Å². The van der Waals surface area contributed by atoms with Crippen molar-refractivity contribution < 1.29 is 14.5 Å². The molecule has 0 saturated carbocycles. The summed E-state index contributed by atoms with van der Waals surface area (Å²) in [6.07, 6.45) is 0. The molecule has 2 aromatic rings. The number of nitro benzene ring substituents is 1. The van der Waals surface area contributed by atoms with Crippen molar-refractivity contribution in [3.05, 3.63) is 69.8 Å². The van der Waals surface area contributed by atoms with Crippen LogP contribution in [-0.2, 0) is 10.5 Å². The molecule has 1 amide bonds. The normalized spacial score (nSPS) is 10.2. The molecule has 0 aliphatic heterocycles. The fourth-order valence-corrected chi connectivity index (χ4v) is 2.78. The van der Waals surface area contributed by atoms with E-state index in [1.807, 2.05) is 0 Å². The van der Waals surface area contributed by atoms with Gasteiger partial charge in [-0.25, -0.2) is 0 Å². The molecule has 6 nitrogen and oxygen atoms in total. The highest BCUT2D eigenvalue weighted by molar-refractivity contribution is 7.99. The number of nitro groups is 1. The minimum Gasteiger partial charge on any atom is -0.325 e. The zero-order valence-corrected chi connectivity index (χ0v) is 13.8. The molecule has 124 valence electrons. The average Bonchev–Trinajstić information content (AvgIpc) is 2.55. The van der Waals surface area contributed by atoms with Crippen LogP contribution in [0, 0.1) is 10.1 Å². The number of rotatable bonds is 7. The standard InChI is InChI=1S/C17H16N2O4S/c1-12(20)14-5-7-15(8-6-14)18-17(21)11-24-10-13-3-2-4-16(9-13)19(22)23/h2-9H,10-11H2,1H3,(H,18,21). The third kappa shape index (κ3) is 5.20. The van der Waals surface area contributed by atoms with Gasteiger partial charge in [0.15, 0.2) is 5.78 Å². The van der Waals surface area contributed by atoms with E-state index in [-0.39, 0.29) is 23.1 Å². The largest absolute Gasteiger partial charge is 0.325 e. The zero-order valence-electron chi connectivity index (χ0n) is 13.0. The molecule has 2 aromatic carbocycles. The van der Waals surface area contributed by atoms with E-state index in [4.69, 9.17) is 0 Å². The molecule has 0 atom stereocenters. The number of carbonyl (C=O) groups is 2. The summed E-state index contributed by atoms with van der Waals surface area (Å²) in [4.78, 5) is 33.4. The molecular formula is C17H16N2O4S. The van der Waals surface area contributed by atoms with Crippen LogP contribution in [-0.4, -0.2) is 22.4 Å². The van der Waals surface area contributed by atoms with Crippen LogP contribution < -0.4 is 5.32 Å². The number of hydrogen-bond acceptors (Lipinski definition) is 5. The highest BCUT2D eigenvalue weighted by atomic mass is 32.2. The lowest BCUT2D eigenvalue weighted by Gasteiger charge is -2.06. The first kappa shape index (κ1) is 17.7. The number of benzene rings is 2. The lowest BCUT2D eigenvalue weighted by atomic mass is 10.1. The Kier molecular flexibility index (Phi) is 6.08. The van der Waals surface area contributed by atoms with Crippen molar-refractivity contribution in [1.82, 2.24) is 0 Å². The molecular weight excluding hydrogens is 328 g/mol. The topological polar surface area (TPSA) is 89.3 Å². The molecule has 0 aliphatic carbocycles. The van der Waals surface area contributed by atoms with Gasteiger partial charge in [0.25, 0.3) is 5.69 Å². The third-order valence-corrected chi connectivity index (χ3v) is 4.20. The van der Waals surface area contributed by atoms with Crippen molar-refractivity contribution in [3.63, 3.8) is 0 Å². The SMILES string of the molecule is CC(=O)c1ccc(NC(=O)CSCc2cccc([N+](=O)[O-])c2)cc1. The number of amides is 1. The Bertz CT molecular complexity index is 759. The van der Waals surface area contributed by atoms with Crippen LogP contribution in [0.4, 0.5) is 11.4 Å². The predicted molar refractivity (Wildman–Crippen MR) is 94.3 cm³/mol. The van der Waals surface area contributed by atoms with Crippen molar-refractivity contribution in [2.45, 2.75) is 12.7 Å². The van der Waals surface area contributed by atoms with Gasteiger partial charge in [0, 0.05) is 29.1 Å². The van der Waals surface area contributed by atoms with Crippen molar-refractivity contribution >= 4 is 34.8 Å². The van der Waals surface area contributed by atoms with Crippen LogP contribution in [0.2, 0.25) is 0 Å². The van der Waals surface area contributed by atoms with Crippen LogP contribution in [0.25, 0.3) is 0 Å². The second-order valence-corrected chi connectivity index (χ2v) is 6.09. The Morgan fingerprint density at radius 1 is 1.17 bits per heavy atom. The summed E-state index contributed by atoms with van der Waals surface area (Å²) in [6.45, 7) is 1.48. The smallest absolute Gasteiger partial charge is 0.269 e. The highest BCUT2D eigenvalue weighted by Crippen LogP contribution is 2.18. The van der Waals surface area contributed by atoms with Gasteiger partial charge in [0.05, 0.1) is 10.7 Å². The number of Topliss-reactive ketones (excluding diaryl/α,β-unsaturated/α-hetero) is 1. The number of ketones is 1. The molecule has 0 fully saturated rings. The fourth-order valence-electron chi connectivity index (χ4n) is 2.01. The van der Waals surface area contributed by atoms with Crippen LogP contribution in [0.1, 0.15) is 22.8 Å². The van der Waals surface area contributed by atoms with E-state index < -0.39 is 4.92 Å². The van der Waals surface area contributed by atoms with E-state index in [0.29, 0.717) is 17.0 Å². The van der Waals surface area contributed by atoms with Gasteiger partial charge in [-0.1, -0.05) is 12.1 Å².